The van der Waals surface area contributed by atoms with E-state index < -0.39 is 0 Å². The summed E-state index contributed by atoms with van der Waals surface area (Å²) in [6.45, 7) is 0.748. The average Bonchev–Trinajstić information content (AvgIpc) is 2.32. The van der Waals surface area contributed by atoms with Crippen molar-refractivity contribution in [3.8, 4) is 0 Å². The molecule has 2 heterocycles. The Balaban J connectivity index is 1.81. The van der Waals surface area contributed by atoms with Crippen molar-refractivity contribution < 1.29 is 4.74 Å². The quantitative estimate of drug-likeness (QED) is 0.739. The van der Waals surface area contributed by atoms with Gasteiger partial charge in [-0.3, -0.25) is 0 Å². The fourth-order valence-electron chi connectivity index (χ4n) is 1.04. The summed E-state index contributed by atoms with van der Waals surface area (Å²) in [6.07, 6.45) is 6.74. The number of rotatable bonds is 4. The summed E-state index contributed by atoms with van der Waals surface area (Å²) in [6, 6.07) is 3.54. The summed E-state index contributed by atoms with van der Waals surface area (Å²) in [5.41, 5.74) is 0. The van der Waals surface area contributed by atoms with Crippen LogP contribution in [-0.4, -0.2) is 19.9 Å². The lowest BCUT2D eigenvalue weighted by Gasteiger charge is -2.01. The van der Waals surface area contributed by atoms with Gasteiger partial charge in [0.15, 0.2) is 11.6 Å². The molecule has 0 aliphatic heterocycles. The van der Waals surface area contributed by atoms with Crippen LogP contribution >= 0.6 is 0 Å². The van der Waals surface area contributed by atoms with E-state index in [0.29, 0.717) is 24.9 Å². The van der Waals surface area contributed by atoms with Gasteiger partial charge in [0.05, 0.1) is 0 Å². The van der Waals surface area contributed by atoms with E-state index in [-0.39, 0.29) is 0 Å². The van der Waals surface area contributed by atoms with E-state index in [1.165, 1.54) is 0 Å². The first kappa shape index (κ1) is 9.67. The Morgan fingerprint density at radius 2 is 1.13 bits per heavy atom. The molecule has 2 aromatic rings. The lowest BCUT2D eigenvalue weighted by Crippen LogP contribution is -2.01. The Labute approximate surface area is 87.2 Å². The second-order valence-electron chi connectivity index (χ2n) is 2.82. The Morgan fingerprint density at radius 1 is 0.733 bits per heavy atom. The van der Waals surface area contributed by atoms with Gasteiger partial charge in [0, 0.05) is 24.8 Å². The third kappa shape index (κ3) is 3.07. The van der Waals surface area contributed by atoms with Gasteiger partial charge in [-0.1, -0.05) is 0 Å². The van der Waals surface area contributed by atoms with Gasteiger partial charge in [0.2, 0.25) is 0 Å². The monoisotopic (exact) mass is 202 g/mol. The van der Waals surface area contributed by atoms with Crippen molar-refractivity contribution in [3.63, 3.8) is 0 Å². The zero-order valence-electron chi connectivity index (χ0n) is 8.08. The summed E-state index contributed by atoms with van der Waals surface area (Å²) in [7, 11) is 0. The first-order chi connectivity index (χ1) is 7.45. The highest BCUT2D eigenvalue weighted by Crippen LogP contribution is 1.96. The largest absolute Gasteiger partial charge is 0.365 e. The van der Waals surface area contributed by atoms with E-state index >= 15 is 0 Å². The molecule has 0 unspecified atom stereocenters. The maximum absolute atomic E-state index is 5.36. The van der Waals surface area contributed by atoms with Crippen LogP contribution in [0, 0.1) is 0 Å². The molecule has 5 nitrogen and oxygen atoms in total. The molecule has 0 atom stereocenters. The van der Waals surface area contributed by atoms with Crippen LogP contribution in [0.2, 0.25) is 0 Å². The van der Waals surface area contributed by atoms with Gasteiger partial charge >= 0.3 is 0 Å². The fraction of sp³-hybridized carbons (Fsp3) is 0.200. The molecule has 76 valence electrons. The van der Waals surface area contributed by atoms with E-state index in [1.54, 1.807) is 36.9 Å². The summed E-state index contributed by atoms with van der Waals surface area (Å²) < 4.78 is 5.36. The maximum atomic E-state index is 5.36. The van der Waals surface area contributed by atoms with Crippen molar-refractivity contribution in [2.45, 2.75) is 13.2 Å². The topological polar surface area (TPSA) is 60.8 Å². The Hall–Kier alpha value is -1.88. The Kier molecular flexibility index (Phi) is 3.30. The molecule has 0 bridgehead atoms. The first-order valence-corrected chi connectivity index (χ1v) is 4.55. The molecule has 0 N–H and O–H groups in total. The molecule has 0 spiro atoms. The second kappa shape index (κ2) is 5.11. The van der Waals surface area contributed by atoms with E-state index in [1.807, 2.05) is 0 Å². The van der Waals surface area contributed by atoms with Gasteiger partial charge < -0.3 is 4.74 Å². The van der Waals surface area contributed by atoms with Crippen molar-refractivity contribution >= 4 is 0 Å². The summed E-state index contributed by atoms with van der Waals surface area (Å²) in [4.78, 5) is 16.1. The highest BCUT2D eigenvalue weighted by Gasteiger charge is 1.97. The van der Waals surface area contributed by atoms with Crippen molar-refractivity contribution in [2.24, 2.45) is 0 Å². The number of aromatic nitrogens is 4. The smallest absolute Gasteiger partial charge is 0.153 e. The van der Waals surface area contributed by atoms with E-state index in [0.717, 1.165) is 0 Å². The summed E-state index contributed by atoms with van der Waals surface area (Å²) in [5.74, 6) is 1.32. The molecule has 0 aromatic carbocycles. The molecule has 15 heavy (non-hydrogen) atoms. The number of hydrogen-bond donors (Lipinski definition) is 0. The van der Waals surface area contributed by atoms with Crippen LogP contribution in [0.15, 0.2) is 36.9 Å². The van der Waals surface area contributed by atoms with Gasteiger partial charge in [0.1, 0.15) is 13.2 Å². The zero-order valence-corrected chi connectivity index (χ0v) is 8.08. The number of nitrogens with zero attached hydrogens (tertiary/aromatic N) is 4. The minimum Gasteiger partial charge on any atom is -0.365 e. The predicted octanol–water partition coefficient (Wildman–Crippen LogP) is 0.983. The normalized spacial score (nSPS) is 10.1. The third-order valence-electron chi connectivity index (χ3n) is 1.70. The molecule has 0 saturated carbocycles. The number of ether oxygens (including phenoxy) is 1. The molecule has 0 aliphatic carbocycles. The Morgan fingerprint density at radius 3 is 1.53 bits per heavy atom. The van der Waals surface area contributed by atoms with E-state index in [4.69, 9.17) is 4.74 Å². The molecular formula is C10H10N4O. The van der Waals surface area contributed by atoms with Crippen LogP contribution in [0.25, 0.3) is 0 Å². The average molecular weight is 202 g/mol. The van der Waals surface area contributed by atoms with Gasteiger partial charge in [-0.25, -0.2) is 19.9 Å². The van der Waals surface area contributed by atoms with Gasteiger partial charge in [-0.05, 0) is 12.1 Å². The first-order valence-electron chi connectivity index (χ1n) is 4.55. The standard InChI is InChI=1S/C10H10N4O/c1-3-11-9(12-4-1)7-15-8-10-13-5-2-6-14-10/h1-6H,7-8H2. The van der Waals surface area contributed by atoms with Crippen molar-refractivity contribution in [2.75, 3.05) is 0 Å². The molecule has 0 saturated heterocycles. The molecule has 0 radical (unpaired) electrons. The SMILES string of the molecule is c1cnc(COCc2ncccn2)nc1. The maximum Gasteiger partial charge on any atom is 0.153 e. The lowest BCUT2D eigenvalue weighted by molar-refractivity contribution is 0.0964. The van der Waals surface area contributed by atoms with Crippen molar-refractivity contribution in [1.82, 2.24) is 19.9 Å². The molecule has 2 rings (SSSR count). The molecule has 0 fully saturated rings. The molecule has 5 heteroatoms. The summed E-state index contributed by atoms with van der Waals surface area (Å²) >= 11 is 0. The highest BCUT2D eigenvalue weighted by molar-refractivity contribution is 4.88. The summed E-state index contributed by atoms with van der Waals surface area (Å²) in [5, 5.41) is 0. The molecule has 0 aliphatic rings. The third-order valence-corrected chi connectivity index (χ3v) is 1.70. The van der Waals surface area contributed by atoms with Gasteiger partial charge in [0.25, 0.3) is 0 Å². The van der Waals surface area contributed by atoms with Crippen molar-refractivity contribution in [3.05, 3.63) is 48.6 Å². The van der Waals surface area contributed by atoms with E-state index in [2.05, 4.69) is 19.9 Å². The zero-order chi connectivity index (χ0) is 10.3. The molecule has 2 aromatic heterocycles. The van der Waals surface area contributed by atoms with Crippen LogP contribution < -0.4 is 0 Å². The minimum atomic E-state index is 0.374. The van der Waals surface area contributed by atoms with Crippen LogP contribution in [0.5, 0.6) is 0 Å². The van der Waals surface area contributed by atoms with Crippen LogP contribution in [-0.2, 0) is 18.0 Å². The molecular weight excluding hydrogens is 192 g/mol. The van der Waals surface area contributed by atoms with Crippen LogP contribution in [0.3, 0.4) is 0 Å². The Bertz CT molecular complexity index is 353. The predicted molar refractivity (Wildman–Crippen MR) is 52.6 cm³/mol. The van der Waals surface area contributed by atoms with Crippen molar-refractivity contribution in [1.29, 1.82) is 0 Å². The lowest BCUT2D eigenvalue weighted by atomic mass is 10.5. The fourth-order valence-corrected chi connectivity index (χ4v) is 1.04. The highest BCUT2D eigenvalue weighted by atomic mass is 16.5. The van der Waals surface area contributed by atoms with Crippen LogP contribution in [0.1, 0.15) is 11.6 Å². The van der Waals surface area contributed by atoms with E-state index in [9.17, 15) is 0 Å². The molecule has 0 amide bonds. The second-order valence-corrected chi connectivity index (χ2v) is 2.82. The van der Waals surface area contributed by atoms with Crippen LogP contribution in [0.4, 0.5) is 0 Å². The van der Waals surface area contributed by atoms with Gasteiger partial charge in [-0.2, -0.15) is 0 Å². The van der Waals surface area contributed by atoms with Gasteiger partial charge in [-0.15, -0.1) is 0 Å². The number of hydrogen-bond acceptors (Lipinski definition) is 5. The minimum absolute atomic E-state index is 0.374.